The molecule has 4 saturated carbocycles. The zero-order valence-electron chi connectivity index (χ0n) is 17.7. The molecule has 0 bridgehead atoms. The summed E-state index contributed by atoms with van der Waals surface area (Å²) in [5.74, 6) is 5.34. The maximum atomic E-state index is 2.75. The average molecular weight is 471 g/mol. The summed E-state index contributed by atoms with van der Waals surface area (Å²) in [4.78, 5) is 0. The molecule has 0 nitrogen and oxygen atoms in total. The van der Waals surface area contributed by atoms with Gasteiger partial charge in [0, 0.05) is 3.92 Å². The van der Waals surface area contributed by atoms with Crippen molar-refractivity contribution in [2.45, 2.75) is 115 Å². The van der Waals surface area contributed by atoms with Crippen molar-refractivity contribution in [3.63, 3.8) is 0 Å². The number of halogens is 1. The summed E-state index contributed by atoms with van der Waals surface area (Å²) in [5, 5.41) is 0. The summed E-state index contributed by atoms with van der Waals surface area (Å²) in [6.07, 6.45) is 21.3. The lowest BCUT2D eigenvalue weighted by atomic mass is 9.45. The first-order chi connectivity index (χ1) is 12.5. The predicted octanol–water partition coefficient (Wildman–Crippen LogP) is 8.42. The lowest BCUT2D eigenvalue weighted by Gasteiger charge is -2.61. The van der Waals surface area contributed by atoms with Gasteiger partial charge in [-0.25, -0.2) is 0 Å². The molecule has 0 aromatic carbocycles. The van der Waals surface area contributed by atoms with Crippen LogP contribution in [0.2, 0.25) is 0 Å². The molecule has 0 saturated heterocycles. The third kappa shape index (κ3) is 3.32. The zero-order chi connectivity index (χ0) is 18.4. The fraction of sp³-hybridized carbons (Fsp3) is 1.00. The summed E-state index contributed by atoms with van der Waals surface area (Å²) in [6.45, 7) is 7.81. The minimum atomic E-state index is 0.700. The van der Waals surface area contributed by atoms with Gasteiger partial charge in [-0.05, 0) is 105 Å². The van der Waals surface area contributed by atoms with Gasteiger partial charge in [0.25, 0.3) is 0 Å². The molecule has 8 atom stereocenters. The maximum Gasteiger partial charge on any atom is 0.0113 e. The predicted molar refractivity (Wildman–Crippen MR) is 122 cm³/mol. The SMILES string of the molecule is CCCCCCC1CCC2C3CCC4CC(I)CCC4(C)C3CCC12C. The average Bonchev–Trinajstić information content (AvgIpc) is 2.96. The number of unbranched alkanes of at least 4 members (excludes halogenated alkanes) is 3. The van der Waals surface area contributed by atoms with Gasteiger partial charge in [0.2, 0.25) is 0 Å². The Hall–Kier alpha value is 0.730. The normalized spacial score (nSPS) is 50.8. The lowest BCUT2D eigenvalue weighted by Crippen LogP contribution is -2.53. The van der Waals surface area contributed by atoms with Crippen LogP contribution in [-0.4, -0.2) is 3.92 Å². The van der Waals surface area contributed by atoms with E-state index in [0.717, 1.165) is 33.5 Å². The van der Waals surface area contributed by atoms with E-state index in [2.05, 4.69) is 43.4 Å². The quantitative estimate of drug-likeness (QED) is 0.215. The zero-order valence-corrected chi connectivity index (χ0v) is 19.9. The molecule has 1 heteroatoms. The Morgan fingerprint density at radius 1 is 0.808 bits per heavy atom. The van der Waals surface area contributed by atoms with Gasteiger partial charge < -0.3 is 0 Å². The van der Waals surface area contributed by atoms with Crippen LogP contribution in [0.1, 0.15) is 111 Å². The number of hydrogen-bond acceptors (Lipinski definition) is 0. The lowest BCUT2D eigenvalue weighted by molar-refractivity contribution is -0.109. The monoisotopic (exact) mass is 470 g/mol. The largest absolute Gasteiger partial charge is 0.0826 e. The third-order valence-electron chi connectivity index (χ3n) is 10.2. The van der Waals surface area contributed by atoms with E-state index in [9.17, 15) is 0 Å². The summed E-state index contributed by atoms with van der Waals surface area (Å²) in [7, 11) is 0. The van der Waals surface area contributed by atoms with Crippen molar-refractivity contribution in [1.29, 1.82) is 0 Å². The van der Waals surface area contributed by atoms with E-state index in [1.165, 1.54) is 44.9 Å². The molecule has 0 aromatic rings. The van der Waals surface area contributed by atoms with Crippen molar-refractivity contribution in [3.05, 3.63) is 0 Å². The van der Waals surface area contributed by atoms with E-state index in [0.29, 0.717) is 10.8 Å². The molecule has 8 unspecified atom stereocenters. The van der Waals surface area contributed by atoms with E-state index in [1.807, 2.05) is 0 Å². The van der Waals surface area contributed by atoms with Gasteiger partial charge in [0.15, 0.2) is 0 Å². The first-order valence-corrected chi connectivity index (χ1v) is 13.4. The summed E-state index contributed by atoms with van der Waals surface area (Å²) >= 11 is 2.75. The van der Waals surface area contributed by atoms with Gasteiger partial charge >= 0.3 is 0 Å². The number of hydrogen-bond donors (Lipinski definition) is 0. The molecule has 4 aliphatic rings. The Balaban J connectivity index is 1.46. The Morgan fingerprint density at radius 2 is 1.58 bits per heavy atom. The van der Waals surface area contributed by atoms with E-state index in [-0.39, 0.29) is 0 Å². The van der Waals surface area contributed by atoms with Gasteiger partial charge in [-0.2, -0.15) is 0 Å². The highest BCUT2D eigenvalue weighted by Crippen LogP contribution is 2.68. The Bertz CT molecular complexity index is 487. The van der Waals surface area contributed by atoms with Crippen LogP contribution in [0.4, 0.5) is 0 Å². The highest BCUT2D eigenvalue weighted by Gasteiger charge is 2.59. The molecule has 150 valence electrons. The van der Waals surface area contributed by atoms with Crippen LogP contribution < -0.4 is 0 Å². The second kappa shape index (κ2) is 7.86. The second-order valence-corrected chi connectivity index (χ2v) is 13.0. The molecule has 0 spiro atoms. The van der Waals surface area contributed by atoms with Crippen LogP contribution in [0.5, 0.6) is 0 Å². The molecule has 0 N–H and O–H groups in total. The van der Waals surface area contributed by atoms with Crippen LogP contribution >= 0.6 is 22.6 Å². The molecule has 4 rings (SSSR count). The van der Waals surface area contributed by atoms with E-state index in [1.54, 1.807) is 44.9 Å². The van der Waals surface area contributed by atoms with Gasteiger partial charge in [-0.1, -0.05) is 69.0 Å². The topological polar surface area (TPSA) is 0 Å². The number of alkyl halides is 1. The molecular weight excluding hydrogens is 427 g/mol. The summed E-state index contributed by atoms with van der Waals surface area (Å²) in [5.41, 5.74) is 1.40. The summed E-state index contributed by atoms with van der Waals surface area (Å²) < 4.78 is 0.968. The first kappa shape index (κ1) is 20.0. The van der Waals surface area contributed by atoms with Crippen molar-refractivity contribution >= 4 is 22.6 Å². The van der Waals surface area contributed by atoms with Crippen LogP contribution in [0.25, 0.3) is 0 Å². The van der Waals surface area contributed by atoms with E-state index in [4.69, 9.17) is 0 Å². The molecule has 0 amide bonds. The molecular formula is C25H43I. The van der Waals surface area contributed by atoms with Crippen LogP contribution in [-0.2, 0) is 0 Å². The smallest absolute Gasteiger partial charge is 0.0113 e. The number of fused-ring (bicyclic) bond motifs is 5. The third-order valence-corrected chi connectivity index (χ3v) is 11.3. The number of rotatable bonds is 5. The molecule has 0 radical (unpaired) electrons. The van der Waals surface area contributed by atoms with Gasteiger partial charge in [-0.3, -0.25) is 0 Å². The minimum absolute atomic E-state index is 0.700. The van der Waals surface area contributed by atoms with Crippen LogP contribution in [0.15, 0.2) is 0 Å². The first-order valence-electron chi connectivity index (χ1n) is 12.1. The molecule has 0 aliphatic heterocycles. The second-order valence-electron chi connectivity index (χ2n) is 11.2. The van der Waals surface area contributed by atoms with Crippen LogP contribution in [0, 0.1) is 40.4 Å². The Labute approximate surface area is 177 Å². The maximum absolute atomic E-state index is 2.75. The highest BCUT2D eigenvalue weighted by molar-refractivity contribution is 14.1. The van der Waals surface area contributed by atoms with Crippen LogP contribution in [0.3, 0.4) is 0 Å². The Kier molecular flexibility index (Phi) is 6.06. The standard InChI is InChI=1S/C25H43I/c1-4-5-6-7-8-18-10-12-22-21-11-9-19-17-20(26)13-15-25(19,3)23(21)14-16-24(18,22)2/h18-23H,4-17H2,1-3H3. The molecule has 0 heterocycles. The molecule has 0 aromatic heterocycles. The Morgan fingerprint density at radius 3 is 2.38 bits per heavy atom. The molecule has 4 fully saturated rings. The van der Waals surface area contributed by atoms with Crippen molar-refractivity contribution in [3.8, 4) is 0 Å². The van der Waals surface area contributed by atoms with E-state index < -0.39 is 0 Å². The van der Waals surface area contributed by atoms with Gasteiger partial charge in [0.1, 0.15) is 0 Å². The van der Waals surface area contributed by atoms with Crippen molar-refractivity contribution in [2.75, 3.05) is 0 Å². The molecule has 26 heavy (non-hydrogen) atoms. The van der Waals surface area contributed by atoms with Gasteiger partial charge in [0.05, 0.1) is 0 Å². The van der Waals surface area contributed by atoms with Gasteiger partial charge in [-0.15, -0.1) is 0 Å². The fourth-order valence-electron chi connectivity index (χ4n) is 8.61. The minimum Gasteiger partial charge on any atom is -0.0826 e. The fourth-order valence-corrected chi connectivity index (χ4v) is 9.53. The van der Waals surface area contributed by atoms with E-state index >= 15 is 0 Å². The molecule has 4 aliphatic carbocycles. The van der Waals surface area contributed by atoms with Crippen molar-refractivity contribution in [2.24, 2.45) is 40.4 Å². The van der Waals surface area contributed by atoms with Crippen molar-refractivity contribution < 1.29 is 0 Å². The van der Waals surface area contributed by atoms with Crippen molar-refractivity contribution in [1.82, 2.24) is 0 Å². The summed E-state index contributed by atoms with van der Waals surface area (Å²) in [6, 6.07) is 0. The highest BCUT2D eigenvalue weighted by atomic mass is 127.